The van der Waals surface area contributed by atoms with Crippen molar-refractivity contribution in [1.29, 1.82) is 5.41 Å². The van der Waals surface area contributed by atoms with Gasteiger partial charge in [-0.25, -0.2) is 0 Å². The van der Waals surface area contributed by atoms with Crippen molar-refractivity contribution in [2.45, 2.75) is 19.3 Å². The Kier molecular flexibility index (Phi) is 5.95. The summed E-state index contributed by atoms with van der Waals surface area (Å²) in [4.78, 5) is 18.2. The number of carbonyl (C=O) groups excluding carboxylic acids is 1. The highest BCUT2D eigenvalue weighted by atomic mass is 16.5. The first-order chi connectivity index (χ1) is 13.4. The normalized spacial score (nSPS) is 12.3. The zero-order valence-corrected chi connectivity index (χ0v) is 16.9. The van der Waals surface area contributed by atoms with Crippen LogP contribution in [0.2, 0.25) is 0 Å². The molecule has 0 aliphatic carbocycles. The van der Waals surface area contributed by atoms with E-state index < -0.39 is 5.92 Å². The summed E-state index contributed by atoms with van der Waals surface area (Å²) < 4.78 is 5.40. The first-order valence-corrected chi connectivity index (χ1v) is 9.40. The first kappa shape index (κ1) is 19.8. The van der Waals surface area contributed by atoms with Crippen LogP contribution in [0.1, 0.15) is 29.7 Å². The molecule has 3 aromatic rings. The van der Waals surface area contributed by atoms with E-state index in [-0.39, 0.29) is 5.78 Å². The second-order valence-corrected chi connectivity index (χ2v) is 7.31. The Hall–Kier alpha value is -2.92. The van der Waals surface area contributed by atoms with Gasteiger partial charge < -0.3 is 20.0 Å². The van der Waals surface area contributed by atoms with Crippen LogP contribution in [0.3, 0.4) is 0 Å². The number of methoxy groups -OCH3 is 1. The molecule has 2 aromatic carbocycles. The van der Waals surface area contributed by atoms with Crippen LogP contribution in [0, 0.1) is 5.41 Å². The molecular weight excluding hydrogens is 350 g/mol. The van der Waals surface area contributed by atoms with E-state index in [0.29, 0.717) is 5.71 Å². The highest BCUT2D eigenvalue weighted by Crippen LogP contribution is 2.33. The van der Waals surface area contributed by atoms with E-state index in [1.165, 1.54) is 0 Å². The number of H-pyrrole nitrogens is 1. The molecule has 5 nitrogen and oxygen atoms in total. The number of Topliss-reactive ketones (excluding diaryl/α,β-unsaturated/α-hetero) is 1. The maximum absolute atomic E-state index is 12.7. The molecule has 28 heavy (non-hydrogen) atoms. The lowest BCUT2D eigenvalue weighted by Gasteiger charge is -2.18. The third kappa shape index (κ3) is 3.99. The molecule has 1 aromatic heterocycles. The predicted molar refractivity (Wildman–Crippen MR) is 114 cm³/mol. The number of ether oxygens (including phenoxy) is 1. The summed E-state index contributed by atoms with van der Waals surface area (Å²) in [7, 11) is 5.71. The van der Waals surface area contributed by atoms with E-state index in [4.69, 9.17) is 10.1 Å². The van der Waals surface area contributed by atoms with Gasteiger partial charge in [0.05, 0.1) is 18.7 Å². The van der Waals surface area contributed by atoms with Gasteiger partial charge in [0.15, 0.2) is 0 Å². The number of nitrogens with one attached hydrogen (secondary N) is 2. The molecule has 0 saturated heterocycles. The molecule has 0 aliphatic heterocycles. The summed E-state index contributed by atoms with van der Waals surface area (Å²) in [6.07, 6.45) is 0.779. The number of fused-ring (bicyclic) bond motifs is 1. The van der Waals surface area contributed by atoms with E-state index in [1.807, 2.05) is 62.6 Å². The van der Waals surface area contributed by atoms with Crippen molar-refractivity contribution in [2.75, 3.05) is 27.7 Å². The average Bonchev–Trinajstić information content (AvgIpc) is 3.03. The van der Waals surface area contributed by atoms with Crippen LogP contribution in [0.25, 0.3) is 10.9 Å². The minimum Gasteiger partial charge on any atom is -0.497 e. The maximum Gasteiger partial charge on any atom is 0.144 e. The number of benzene rings is 2. The number of aromatic amines is 1. The molecule has 0 radical (unpaired) electrons. The standard InChI is InChI=1S/C23H27N3O2/c1-15(27)21(22(24)16-8-6-5-7-9-16)23-18(12-13-26(2)3)19-14-17(28-4)10-11-20(19)25-23/h5-11,14,21,24-25H,12-13H2,1-4H3. The third-order valence-electron chi connectivity index (χ3n) is 5.02. The molecule has 0 bridgehead atoms. The highest BCUT2D eigenvalue weighted by molar-refractivity contribution is 6.16. The predicted octanol–water partition coefficient (Wildman–Crippen LogP) is 4.02. The fourth-order valence-electron chi connectivity index (χ4n) is 3.56. The molecule has 1 atom stereocenters. The lowest BCUT2D eigenvalue weighted by atomic mass is 9.87. The molecule has 5 heteroatoms. The number of ketones is 1. The summed E-state index contributed by atoms with van der Waals surface area (Å²) in [5.74, 6) is 0.109. The molecule has 0 fully saturated rings. The van der Waals surface area contributed by atoms with E-state index >= 15 is 0 Å². The number of likely N-dealkylation sites (N-methyl/N-ethyl adjacent to an activating group) is 1. The van der Waals surface area contributed by atoms with Gasteiger partial charge in [-0.2, -0.15) is 0 Å². The van der Waals surface area contributed by atoms with Crippen LogP contribution in [-0.2, 0) is 11.2 Å². The summed E-state index contributed by atoms with van der Waals surface area (Å²) in [6, 6.07) is 15.3. The van der Waals surface area contributed by atoms with E-state index in [1.54, 1.807) is 14.0 Å². The molecule has 0 saturated carbocycles. The third-order valence-corrected chi connectivity index (χ3v) is 5.02. The van der Waals surface area contributed by atoms with Crippen LogP contribution < -0.4 is 4.74 Å². The van der Waals surface area contributed by atoms with Crippen molar-refractivity contribution in [1.82, 2.24) is 9.88 Å². The van der Waals surface area contributed by atoms with Crippen LogP contribution >= 0.6 is 0 Å². The summed E-state index contributed by atoms with van der Waals surface area (Å²) in [6.45, 7) is 2.41. The molecule has 3 rings (SSSR count). The minimum absolute atomic E-state index is 0.0431. The molecule has 1 heterocycles. The van der Waals surface area contributed by atoms with Gasteiger partial charge in [0.2, 0.25) is 0 Å². The van der Waals surface area contributed by atoms with Crippen molar-refractivity contribution >= 4 is 22.4 Å². The first-order valence-electron chi connectivity index (χ1n) is 9.40. The number of nitrogens with zero attached hydrogens (tertiary/aromatic N) is 1. The van der Waals surface area contributed by atoms with Crippen molar-refractivity contribution in [3.8, 4) is 5.75 Å². The van der Waals surface area contributed by atoms with E-state index in [2.05, 4.69) is 9.88 Å². The summed E-state index contributed by atoms with van der Waals surface area (Å²) >= 11 is 0. The van der Waals surface area contributed by atoms with Gasteiger partial charge in [0.1, 0.15) is 11.5 Å². The lowest BCUT2D eigenvalue weighted by Crippen LogP contribution is -2.23. The van der Waals surface area contributed by atoms with Crippen molar-refractivity contribution in [2.24, 2.45) is 0 Å². The highest BCUT2D eigenvalue weighted by Gasteiger charge is 2.28. The number of aromatic nitrogens is 1. The van der Waals surface area contributed by atoms with Gasteiger partial charge in [-0.05, 0) is 56.8 Å². The van der Waals surface area contributed by atoms with Crippen LogP contribution in [0.5, 0.6) is 5.75 Å². The largest absolute Gasteiger partial charge is 0.497 e. The Balaban J connectivity index is 2.16. The fraction of sp³-hybridized carbons (Fsp3) is 0.304. The molecule has 0 spiro atoms. The molecular formula is C23H27N3O2. The second-order valence-electron chi connectivity index (χ2n) is 7.31. The average molecular weight is 377 g/mol. The van der Waals surface area contributed by atoms with Gasteiger partial charge in [-0.15, -0.1) is 0 Å². The smallest absolute Gasteiger partial charge is 0.144 e. The Bertz CT molecular complexity index is 990. The zero-order valence-electron chi connectivity index (χ0n) is 16.9. The summed E-state index contributed by atoms with van der Waals surface area (Å²) in [5, 5.41) is 9.79. The Labute approximate surface area is 165 Å². The van der Waals surface area contributed by atoms with Gasteiger partial charge in [-0.1, -0.05) is 30.3 Å². The van der Waals surface area contributed by atoms with E-state index in [9.17, 15) is 4.79 Å². The quantitative estimate of drug-likeness (QED) is 0.583. The molecule has 1 unspecified atom stereocenters. The van der Waals surface area contributed by atoms with Crippen LogP contribution in [-0.4, -0.2) is 49.1 Å². The zero-order chi connectivity index (χ0) is 20.3. The van der Waals surface area contributed by atoms with Crippen molar-refractivity contribution in [3.05, 3.63) is 65.4 Å². The Morgan fingerprint density at radius 3 is 2.50 bits per heavy atom. The number of rotatable bonds is 8. The van der Waals surface area contributed by atoms with Crippen LogP contribution in [0.15, 0.2) is 48.5 Å². The number of hydrogen-bond donors (Lipinski definition) is 2. The van der Waals surface area contributed by atoms with E-state index in [0.717, 1.165) is 46.4 Å². The Morgan fingerprint density at radius 2 is 1.89 bits per heavy atom. The number of hydrogen-bond acceptors (Lipinski definition) is 4. The lowest BCUT2D eigenvalue weighted by molar-refractivity contribution is -0.117. The SMILES string of the molecule is COc1ccc2[nH]c(C(C(=N)c3ccccc3)C(C)=O)c(CCN(C)C)c2c1. The molecule has 2 N–H and O–H groups in total. The second kappa shape index (κ2) is 8.40. The molecule has 0 amide bonds. The molecule has 146 valence electrons. The topological polar surface area (TPSA) is 69.2 Å². The molecule has 0 aliphatic rings. The van der Waals surface area contributed by atoms with Crippen molar-refractivity contribution in [3.63, 3.8) is 0 Å². The number of carbonyl (C=O) groups is 1. The van der Waals surface area contributed by atoms with Gasteiger partial charge in [0.25, 0.3) is 0 Å². The van der Waals surface area contributed by atoms with Crippen LogP contribution in [0.4, 0.5) is 0 Å². The summed E-state index contributed by atoms with van der Waals surface area (Å²) in [5.41, 5.74) is 3.92. The van der Waals surface area contributed by atoms with Crippen molar-refractivity contribution < 1.29 is 9.53 Å². The van der Waals surface area contributed by atoms with Gasteiger partial charge in [0, 0.05) is 23.1 Å². The van der Waals surface area contributed by atoms with Gasteiger partial charge >= 0.3 is 0 Å². The monoisotopic (exact) mass is 377 g/mol. The fourth-order valence-corrected chi connectivity index (χ4v) is 3.56. The minimum atomic E-state index is -0.627. The maximum atomic E-state index is 12.7. The Morgan fingerprint density at radius 1 is 1.18 bits per heavy atom. The van der Waals surface area contributed by atoms with Gasteiger partial charge in [-0.3, -0.25) is 4.79 Å².